The second-order valence-electron chi connectivity index (χ2n) is 6.57. The minimum atomic E-state index is 0.383. The van der Waals surface area contributed by atoms with Crippen molar-refractivity contribution >= 4 is 11.3 Å². The highest BCUT2D eigenvalue weighted by Crippen LogP contribution is 2.21. The number of nitrogens with one attached hydrogen (secondary N) is 1. The molecule has 0 aliphatic carbocycles. The quantitative estimate of drug-likeness (QED) is 0.801. The zero-order valence-electron chi connectivity index (χ0n) is 13.8. The maximum atomic E-state index is 6.15. The second-order valence-corrected chi connectivity index (χ2v) is 7.51. The predicted octanol–water partition coefficient (Wildman–Crippen LogP) is 2.68. The Balaban J connectivity index is 1.66. The van der Waals surface area contributed by atoms with Crippen LogP contribution in [0.3, 0.4) is 0 Å². The molecule has 0 bridgehead atoms. The summed E-state index contributed by atoms with van der Waals surface area (Å²) in [6.45, 7) is 10.6. The van der Waals surface area contributed by atoms with E-state index in [2.05, 4.69) is 43.0 Å². The third-order valence-corrected chi connectivity index (χ3v) is 4.81. The molecular weight excluding hydrogens is 282 g/mol. The van der Waals surface area contributed by atoms with Crippen molar-refractivity contribution in [3.05, 3.63) is 16.1 Å². The lowest BCUT2D eigenvalue weighted by molar-refractivity contribution is 0.0266. The molecule has 1 fully saturated rings. The molecule has 1 N–H and O–H groups in total. The van der Waals surface area contributed by atoms with Gasteiger partial charge in [0.1, 0.15) is 0 Å². The van der Waals surface area contributed by atoms with Crippen LogP contribution in [0.1, 0.15) is 37.3 Å². The summed E-state index contributed by atoms with van der Waals surface area (Å²) in [5, 5.41) is 3.50. The average Bonchev–Trinajstić information content (AvgIpc) is 3.00. The van der Waals surface area contributed by atoms with Gasteiger partial charge in [0.25, 0.3) is 0 Å². The van der Waals surface area contributed by atoms with Crippen LogP contribution < -0.4 is 5.32 Å². The van der Waals surface area contributed by atoms with Gasteiger partial charge in [-0.3, -0.25) is 4.90 Å². The lowest BCUT2D eigenvalue weighted by Gasteiger charge is -2.21. The van der Waals surface area contributed by atoms with Gasteiger partial charge in [0, 0.05) is 24.5 Å². The number of likely N-dealkylation sites (N-methyl/N-ethyl adjacent to an activating group) is 1. The molecule has 1 aromatic heterocycles. The summed E-state index contributed by atoms with van der Waals surface area (Å²) in [4.78, 5) is 8.04. The van der Waals surface area contributed by atoms with E-state index in [0.717, 1.165) is 31.9 Å². The SMILES string of the molecule is Cc1ncsc1CN(C)CC1CCC(CNCC(C)C)O1. The van der Waals surface area contributed by atoms with Crippen LogP contribution in [-0.4, -0.2) is 48.8 Å². The molecule has 1 saturated heterocycles. The minimum absolute atomic E-state index is 0.383. The highest BCUT2D eigenvalue weighted by atomic mass is 32.1. The average molecular weight is 311 g/mol. The maximum Gasteiger partial charge on any atom is 0.0798 e. The Kier molecular flexibility index (Phi) is 6.61. The summed E-state index contributed by atoms with van der Waals surface area (Å²) in [5.74, 6) is 0.705. The van der Waals surface area contributed by atoms with Gasteiger partial charge in [-0.1, -0.05) is 13.8 Å². The Morgan fingerprint density at radius 2 is 2.19 bits per heavy atom. The molecule has 120 valence electrons. The monoisotopic (exact) mass is 311 g/mol. The molecule has 0 aromatic carbocycles. The van der Waals surface area contributed by atoms with Crippen LogP contribution in [0.4, 0.5) is 0 Å². The fraction of sp³-hybridized carbons (Fsp3) is 0.812. The number of nitrogens with zero attached hydrogens (tertiary/aromatic N) is 2. The summed E-state index contributed by atoms with van der Waals surface area (Å²) < 4.78 is 6.15. The summed E-state index contributed by atoms with van der Waals surface area (Å²) in [5.41, 5.74) is 3.09. The van der Waals surface area contributed by atoms with Gasteiger partial charge in [0.2, 0.25) is 0 Å². The number of thiazole rings is 1. The van der Waals surface area contributed by atoms with Crippen molar-refractivity contribution in [1.29, 1.82) is 0 Å². The van der Waals surface area contributed by atoms with E-state index in [4.69, 9.17) is 4.74 Å². The van der Waals surface area contributed by atoms with Crippen LogP contribution in [-0.2, 0) is 11.3 Å². The van der Waals surface area contributed by atoms with Crippen molar-refractivity contribution < 1.29 is 4.74 Å². The molecule has 0 spiro atoms. The maximum absolute atomic E-state index is 6.15. The van der Waals surface area contributed by atoms with E-state index in [0.29, 0.717) is 18.1 Å². The summed E-state index contributed by atoms with van der Waals surface area (Å²) in [6, 6.07) is 0. The van der Waals surface area contributed by atoms with E-state index in [1.54, 1.807) is 11.3 Å². The van der Waals surface area contributed by atoms with Gasteiger partial charge in [0.05, 0.1) is 23.4 Å². The Morgan fingerprint density at radius 3 is 2.86 bits per heavy atom. The zero-order valence-corrected chi connectivity index (χ0v) is 14.6. The smallest absolute Gasteiger partial charge is 0.0798 e. The molecule has 1 aliphatic heterocycles. The zero-order chi connectivity index (χ0) is 15.2. The number of ether oxygens (including phenoxy) is 1. The van der Waals surface area contributed by atoms with Crippen molar-refractivity contribution in [3.8, 4) is 0 Å². The van der Waals surface area contributed by atoms with Crippen LogP contribution in [0.5, 0.6) is 0 Å². The third kappa shape index (κ3) is 5.66. The van der Waals surface area contributed by atoms with Crippen molar-refractivity contribution in [2.75, 3.05) is 26.7 Å². The molecule has 0 amide bonds. The molecule has 0 saturated carbocycles. The fourth-order valence-corrected chi connectivity index (χ4v) is 3.59. The first kappa shape index (κ1) is 16.9. The van der Waals surface area contributed by atoms with Crippen molar-refractivity contribution in [2.45, 2.75) is 52.4 Å². The standard InChI is InChI=1S/C16H29N3OS/c1-12(2)7-17-8-14-5-6-15(20-14)9-19(4)10-16-13(3)18-11-21-16/h11-12,14-15,17H,5-10H2,1-4H3. The second kappa shape index (κ2) is 8.22. The molecule has 1 aromatic rings. The Labute approximate surface area is 132 Å². The van der Waals surface area contributed by atoms with Crippen LogP contribution in [0.15, 0.2) is 5.51 Å². The normalized spacial score (nSPS) is 22.6. The molecule has 2 rings (SSSR count). The molecule has 2 atom stereocenters. The molecule has 2 unspecified atom stereocenters. The molecule has 2 heterocycles. The largest absolute Gasteiger partial charge is 0.372 e. The van der Waals surface area contributed by atoms with Crippen molar-refractivity contribution in [2.24, 2.45) is 5.92 Å². The first-order chi connectivity index (χ1) is 10.0. The van der Waals surface area contributed by atoms with Gasteiger partial charge in [0.15, 0.2) is 0 Å². The van der Waals surface area contributed by atoms with Gasteiger partial charge in [-0.2, -0.15) is 0 Å². The van der Waals surface area contributed by atoms with Gasteiger partial charge in [-0.25, -0.2) is 4.98 Å². The number of aromatic nitrogens is 1. The first-order valence-corrected chi connectivity index (χ1v) is 8.86. The number of rotatable bonds is 8. The third-order valence-electron chi connectivity index (χ3n) is 3.89. The number of hydrogen-bond acceptors (Lipinski definition) is 5. The van der Waals surface area contributed by atoms with Crippen LogP contribution >= 0.6 is 11.3 Å². The van der Waals surface area contributed by atoms with E-state index in [-0.39, 0.29) is 0 Å². The minimum Gasteiger partial charge on any atom is -0.372 e. The highest BCUT2D eigenvalue weighted by molar-refractivity contribution is 7.09. The van der Waals surface area contributed by atoms with Crippen LogP contribution in [0, 0.1) is 12.8 Å². The van der Waals surface area contributed by atoms with Crippen molar-refractivity contribution in [1.82, 2.24) is 15.2 Å². The number of aryl methyl sites for hydroxylation is 1. The van der Waals surface area contributed by atoms with Gasteiger partial charge in [-0.15, -0.1) is 11.3 Å². The molecule has 4 nitrogen and oxygen atoms in total. The van der Waals surface area contributed by atoms with E-state index in [9.17, 15) is 0 Å². The van der Waals surface area contributed by atoms with E-state index in [1.165, 1.54) is 17.7 Å². The van der Waals surface area contributed by atoms with Crippen LogP contribution in [0.2, 0.25) is 0 Å². The lowest BCUT2D eigenvalue weighted by Crippen LogP contribution is -2.32. The highest BCUT2D eigenvalue weighted by Gasteiger charge is 2.26. The Bertz CT molecular complexity index is 421. The first-order valence-electron chi connectivity index (χ1n) is 7.98. The molecule has 1 aliphatic rings. The van der Waals surface area contributed by atoms with E-state index in [1.807, 2.05) is 5.51 Å². The van der Waals surface area contributed by atoms with Crippen LogP contribution in [0.25, 0.3) is 0 Å². The lowest BCUT2D eigenvalue weighted by atomic mass is 10.1. The van der Waals surface area contributed by atoms with E-state index < -0.39 is 0 Å². The van der Waals surface area contributed by atoms with E-state index >= 15 is 0 Å². The summed E-state index contributed by atoms with van der Waals surface area (Å²) in [6.07, 6.45) is 3.14. The predicted molar refractivity (Wildman–Crippen MR) is 88.8 cm³/mol. The number of hydrogen-bond donors (Lipinski definition) is 1. The van der Waals surface area contributed by atoms with Gasteiger partial charge in [-0.05, 0) is 39.3 Å². The molecule has 0 radical (unpaired) electrons. The van der Waals surface area contributed by atoms with Gasteiger partial charge >= 0.3 is 0 Å². The molecule has 21 heavy (non-hydrogen) atoms. The Morgan fingerprint density at radius 1 is 1.43 bits per heavy atom. The summed E-state index contributed by atoms with van der Waals surface area (Å²) >= 11 is 1.75. The fourth-order valence-electron chi connectivity index (χ4n) is 2.73. The topological polar surface area (TPSA) is 37.4 Å². The van der Waals surface area contributed by atoms with Crippen molar-refractivity contribution in [3.63, 3.8) is 0 Å². The molecular formula is C16H29N3OS. The van der Waals surface area contributed by atoms with Gasteiger partial charge < -0.3 is 10.1 Å². The summed E-state index contributed by atoms with van der Waals surface area (Å²) in [7, 11) is 2.17. The molecule has 5 heteroatoms. The Hall–Kier alpha value is -0.490.